The minimum absolute atomic E-state index is 0.0671. The Morgan fingerprint density at radius 3 is 2.92 bits per heavy atom. The second-order valence-corrected chi connectivity index (χ2v) is 6.28. The smallest absolute Gasteiger partial charge is 0.265 e. The highest BCUT2D eigenvalue weighted by atomic mass is 19.3. The lowest BCUT2D eigenvalue weighted by Crippen LogP contribution is -2.31. The minimum Gasteiger partial charge on any atom is -0.382 e. The van der Waals surface area contributed by atoms with Gasteiger partial charge in [-0.2, -0.15) is 0 Å². The van der Waals surface area contributed by atoms with Crippen LogP contribution in [0.2, 0.25) is 0 Å². The molecule has 24 heavy (non-hydrogen) atoms. The van der Waals surface area contributed by atoms with Crippen LogP contribution in [0.15, 0.2) is 36.8 Å². The van der Waals surface area contributed by atoms with E-state index < -0.39 is 6.43 Å². The van der Waals surface area contributed by atoms with E-state index in [1.165, 1.54) is 12.3 Å². The van der Waals surface area contributed by atoms with Crippen molar-refractivity contribution in [2.45, 2.75) is 24.8 Å². The van der Waals surface area contributed by atoms with Gasteiger partial charge in [-0.3, -0.25) is 4.98 Å². The molecule has 0 saturated heterocycles. The quantitative estimate of drug-likeness (QED) is 0.670. The molecule has 3 heterocycles. The number of anilines is 1. The van der Waals surface area contributed by atoms with E-state index in [-0.39, 0.29) is 11.1 Å². The zero-order valence-corrected chi connectivity index (χ0v) is 12.9. The SMILES string of the molecule is NC1(CNc2cnc(-c3c[nH]c4ncccc34)cc2C(F)F)CC1. The number of hydrogen-bond acceptors (Lipinski definition) is 4. The Balaban J connectivity index is 1.70. The first kappa shape index (κ1) is 15.0. The van der Waals surface area contributed by atoms with E-state index in [0.29, 0.717) is 23.6 Å². The zero-order valence-electron chi connectivity index (χ0n) is 12.9. The van der Waals surface area contributed by atoms with Crippen LogP contribution in [0.5, 0.6) is 0 Å². The summed E-state index contributed by atoms with van der Waals surface area (Å²) >= 11 is 0. The number of hydrogen-bond donors (Lipinski definition) is 3. The summed E-state index contributed by atoms with van der Waals surface area (Å²) in [6.07, 6.45) is 4.11. The highest BCUT2D eigenvalue weighted by Crippen LogP contribution is 2.35. The molecule has 4 N–H and O–H groups in total. The van der Waals surface area contributed by atoms with Gasteiger partial charge < -0.3 is 16.0 Å². The van der Waals surface area contributed by atoms with Crippen LogP contribution >= 0.6 is 0 Å². The van der Waals surface area contributed by atoms with Gasteiger partial charge in [0.15, 0.2) is 0 Å². The molecule has 0 unspecified atom stereocenters. The van der Waals surface area contributed by atoms with E-state index >= 15 is 0 Å². The van der Waals surface area contributed by atoms with E-state index in [4.69, 9.17) is 5.73 Å². The highest BCUT2D eigenvalue weighted by molar-refractivity contribution is 5.92. The number of fused-ring (bicyclic) bond motifs is 1. The van der Waals surface area contributed by atoms with E-state index in [0.717, 1.165) is 23.8 Å². The van der Waals surface area contributed by atoms with Crippen molar-refractivity contribution >= 4 is 16.7 Å². The molecule has 5 nitrogen and oxygen atoms in total. The van der Waals surface area contributed by atoms with Gasteiger partial charge in [-0.05, 0) is 31.0 Å². The number of nitrogens with one attached hydrogen (secondary N) is 2. The molecule has 1 aliphatic carbocycles. The van der Waals surface area contributed by atoms with E-state index in [1.54, 1.807) is 18.5 Å². The van der Waals surface area contributed by atoms with Gasteiger partial charge >= 0.3 is 0 Å². The molecule has 0 radical (unpaired) electrons. The van der Waals surface area contributed by atoms with E-state index in [1.807, 2.05) is 6.07 Å². The van der Waals surface area contributed by atoms with Crippen LogP contribution in [0.3, 0.4) is 0 Å². The van der Waals surface area contributed by atoms with Gasteiger partial charge in [-0.15, -0.1) is 0 Å². The monoisotopic (exact) mass is 329 g/mol. The van der Waals surface area contributed by atoms with Gasteiger partial charge in [0.05, 0.1) is 17.6 Å². The zero-order chi connectivity index (χ0) is 16.7. The maximum Gasteiger partial charge on any atom is 0.265 e. The second kappa shape index (κ2) is 5.52. The molecular formula is C17H17F2N5. The van der Waals surface area contributed by atoms with Crippen molar-refractivity contribution in [3.05, 3.63) is 42.4 Å². The lowest BCUT2D eigenvalue weighted by atomic mass is 10.1. The molecule has 0 bridgehead atoms. The number of nitrogens with zero attached hydrogens (tertiary/aromatic N) is 2. The third kappa shape index (κ3) is 2.71. The third-order valence-electron chi connectivity index (χ3n) is 4.42. The number of pyridine rings is 2. The Kier molecular flexibility index (Phi) is 3.45. The van der Waals surface area contributed by atoms with Crippen molar-refractivity contribution < 1.29 is 8.78 Å². The number of alkyl halides is 2. The van der Waals surface area contributed by atoms with Crippen LogP contribution in [-0.4, -0.2) is 27.0 Å². The van der Waals surface area contributed by atoms with Gasteiger partial charge in [-0.25, -0.2) is 13.8 Å². The first-order chi connectivity index (χ1) is 11.6. The number of aromatic amines is 1. The molecule has 124 valence electrons. The number of rotatable bonds is 5. The summed E-state index contributed by atoms with van der Waals surface area (Å²) in [6, 6.07) is 5.12. The summed E-state index contributed by atoms with van der Waals surface area (Å²) in [4.78, 5) is 11.6. The maximum atomic E-state index is 13.5. The van der Waals surface area contributed by atoms with Gasteiger partial charge in [0.1, 0.15) is 5.65 Å². The molecule has 4 rings (SSSR count). The molecule has 0 amide bonds. The first-order valence-electron chi connectivity index (χ1n) is 7.79. The number of nitrogens with two attached hydrogens (primary N) is 1. The minimum atomic E-state index is -2.59. The van der Waals surface area contributed by atoms with E-state index in [9.17, 15) is 8.78 Å². The van der Waals surface area contributed by atoms with Gasteiger partial charge in [-0.1, -0.05) is 0 Å². The average molecular weight is 329 g/mol. The van der Waals surface area contributed by atoms with Crippen LogP contribution in [0.4, 0.5) is 14.5 Å². The molecule has 3 aromatic rings. The van der Waals surface area contributed by atoms with Gasteiger partial charge in [0.25, 0.3) is 6.43 Å². The molecule has 7 heteroatoms. The van der Waals surface area contributed by atoms with Crippen LogP contribution in [-0.2, 0) is 0 Å². The third-order valence-corrected chi connectivity index (χ3v) is 4.42. The summed E-state index contributed by atoms with van der Waals surface area (Å²) < 4.78 is 27.0. The molecule has 3 aromatic heterocycles. The van der Waals surface area contributed by atoms with Crippen LogP contribution < -0.4 is 11.1 Å². The Hall–Kier alpha value is -2.54. The van der Waals surface area contributed by atoms with Gasteiger partial charge in [0.2, 0.25) is 0 Å². The van der Waals surface area contributed by atoms with Crippen molar-refractivity contribution in [2.75, 3.05) is 11.9 Å². The summed E-state index contributed by atoms with van der Waals surface area (Å²) in [5, 5.41) is 3.87. The molecule has 0 aromatic carbocycles. The molecule has 1 saturated carbocycles. The fourth-order valence-electron chi connectivity index (χ4n) is 2.72. The summed E-state index contributed by atoms with van der Waals surface area (Å²) in [7, 11) is 0. The Labute approximate surface area is 137 Å². The van der Waals surface area contributed by atoms with Crippen LogP contribution in [0, 0.1) is 0 Å². The van der Waals surface area contributed by atoms with Crippen LogP contribution in [0.25, 0.3) is 22.3 Å². The number of aromatic nitrogens is 3. The summed E-state index contributed by atoms with van der Waals surface area (Å²) in [6.45, 7) is 0.477. The molecule has 1 aliphatic rings. The predicted molar refractivity (Wildman–Crippen MR) is 88.9 cm³/mol. The second-order valence-electron chi connectivity index (χ2n) is 6.28. The standard InChI is InChI=1S/C17H17F2N5/c18-15(19)11-6-13(12-7-23-16-10(12)2-1-5-21-16)22-8-14(11)24-9-17(20)3-4-17/h1-2,5-8,15,24H,3-4,9,20H2,(H,21,23). The molecule has 0 spiro atoms. The normalized spacial score (nSPS) is 15.8. The van der Waals surface area contributed by atoms with Crippen molar-refractivity contribution in [1.82, 2.24) is 15.0 Å². The number of H-pyrrole nitrogens is 1. The lowest BCUT2D eigenvalue weighted by Gasteiger charge is -2.15. The van der Waals surface area contributed by atoms with Crippen molar-refractivity contribution in [2.24, 2.45) is 5.73 Å². The van der Waals surface area contributed by atoms with Gasteiger partial charge in [0, 0.05) is 41.0 Å². The fourth-order valence-corrected chi connectivity index (χ4v) is 2.72. The summed E-state index contributed by atoms with van der Waals surface area (Å²) in [5.41, 5.74) is 7.96. The van der Waals surface area contributed by atoms with Crippen LogP contribution in [0.1, 0.15) is 24.8 Å². The Morgan fingerprint density at radius 1 is 1.33 bits per heavy atom. The largest absolute Gasteiger partial charge is 0.382 e. The maximum absolute atomic E-state index is 13.5. The Morgan fingerprint density at radius 2 is 2.17 bits per heavy atom. The molecule has 1 fully saturated rings. The fraction of sp³-hybridized carbons (Fsp3) is 0.294. The van der Waals surface area contributed by atoms with Crippen molar-refractivity contribution in [1.29, 1.82) is 0 Å². The first-order valence-corrected chi connectivity index (χ1v) is 7.79. The summed E-state index contributed by atoms with van der Waals surface area (Å²) in [5.74, 6) is 0. The topological polar surface area (TPSA) is 79.6 Å². The lowest BCUT2D eigenvalue weighted by molar-refractivity contribution is 0.152. The highest BCUT2D eigenvalue weighted by Gasteiger charge is 2.38. The predicted octanol–water partition coefficient (Wildman–Crippen LogP) is 3.47. The van der Waals surface area contributed by atoms with E-state index in [2.05, 4.69) is 20.3 Å². The van der Waals surface area contributed by atoms with Crippen molar-refractivity contribution in [3.8, 4) is 11.3 Å². The van der Waals surface area contributed by atoms with Crippen molar-refractivity contribution in [3.63, 3.8) is 0 Å². The average Bonchev–Trinajstić information content (AvgIpc) is 3.17. The molecular weight excluding hydrogens is 312 g/mol. The molecule has 0 aliphatic heterocycles. The molecule has 0 atom stereocenters. The Bertz CT molecular complexity index is 886. The number of halogens is 2.